The molecular weight excluding hydrogens is 290 g/mol. The number of aldehydes is 1. The first-order valence-electron chi connectivity index (χ1n) is 7.14. The average molecular weight is 309 g/mol. The number of rotatable bonds is 7. The molecule has 1 heterocycles. The second-order valence-corrected chi connectivity index (χ2v) is 4.93. The molecule has 0 bridgehead atoms. The Morgan fingerprint density at radius 1 is 1.43 bits per heavy atom. The highest BCUT2D eigenvalue weighted by Gasteiger charge is 2.09. The molecule has 23 heavy (non-hydrogen) atoms. The van der Waals surface area contributed by atoms with Crippen molar-refractivity contribution >= 4 is 23.8 Å². The van der Waals surface area contributed by atoms with Crippen molar-refractivity contribution in [3.63, 3.8) is 0 Å². The van der Waals surface area contributed by atoms with Crippen molar-refractivity contribution in [2.45, 2.75) is 13.5 Å². The van der Waals surface area contributed by atoms with Crippen LogP contribution in [0.15, 0.2) is 48.1 Å². The first kappa shape index (κ1) is 16.4. The van der Waals surface area contributed by atoms with Gasteiger partial charge in [-0.15, -0.1) is 10.2 Å². The molecular formula is C17H19N5O. The third-order valence-electron chi connectivity index (χ3n) is 3.31. The smallest absolute Gasteiger partial charge is 0.159 e. The molecule has 0 aliphatic rings. The fourth-order valence-electron chi connectivity index (χ4n) is 2.05. The summed E-state index contributed by atoms with van der Waals surface area (Å²) in [4.78, 5) is 14.7. The predicted molar refractivity (Wildman–Crippen MR) is 92.5 cm³/mol. The van der Waals surface area contributed by atoms with Gasteiger partial charge in [0, 0.05) is 30.7 Å². The number of carbonyl (C=O) groups is 1. The second-order valence-electron chi connectivity index (χ2n) is 4.93. The molecule has 0 spiro atoms. The maximum Gasteiger partial charge on any atom is 0.159 e. The quantitative estimate of drug-likeness (QED) is 0.630. The summed E-state index contributed by atoms with van der Waals surface area (Å²) in [6, 6.07) is 7.29. The maximum atomic E-state index is 10.8. The van der Waals surface area contributed by atoms with Gasteiger partial charge in [-0.05, 0) is 30.7 Å². The number of allylic oxidation sites excluding steroid dienone is 2. The van der Waals surface area contributed by atoms with Gasteiger partial charge in [0.1, 0.15) is 6.29 Å². The van der Waals surface area contributed by atoms with Crippen molar-refractivity contribution in [1.82, 2.24) is 14.8 Å². The molecule has 1 aromatic heterocycles. The van der Waals surface area contributed by atoms with E-state index in [1.54, 1.807) is 18.3 Å². The van der Waals surface area contributed by atoms with E-state index in [1.807, 2.05) is 36.7 Å². The molecule has 118 valence electrons. The molecule has 0 saturated heterocycles. The molecule has 1 N–H and O–H groups in total. The van der Waals surface area contributed by atoms with Crippen LogP contribution in [0.1, 0.15) is 28.9 Å². The molecule has 0 saturated carbocycles. The summed E-state index contributed by atoms with van der Waals surface area (Å²) in [6.45, 7) is 5.99. The average Bonchev–Trinajstić information content (AvgIpc) is 2.94. The fourth-order valence-corrected chi connectivity index (χ4v) is 2.05. The van der Waals surface area contributed by atoms with Crippen LogP contribution < -0.4 is 5.32 Å². The van der Waals surface area contributed by atoms with E-state index in [4.69, 9.17) is 0 Å². The first-order valence-corrected chi connectivity index (χ1v) is 7.14. The molecule has 2 rings (SSSR count). The van der Waals surface area contributed by atoms with Gasteiger partial charge >= 0.3 is 0 Å². The number of anilines is 1. The summed E-state index contributed by atoms with van der Waals surface area (Å²) in [5, 5.41) is 11.6. The monoisotopic (exact) mass is 309 g/mol. The Labute approximate surface area is 135 Å². The molecule has 2 aromatic rings. The molecule has 1 aromatic carbocycles. The van der Waals surface area contributed by atoms with E-state index in [-0.39, 0.29) is 0 Å². The molecule has 0 fully saturated rings. The normalized spacial score (nSPS) is 11.7. The Hall–Kier alpha value is -3.02. The topological polar surface area (TPSA) is 72.2 Å². The van der Waals surface area contributed by atoms with E-state index in [2.05, 4.69) is 27.1 Å². The molecule has 6 heteroatoms. The maximum absolute atomic E-state index is 10.8. The Kier molecular flexibility index (Phi) is 5.57. The summed E-state index contributed by atoms with van der Waals surface area (Å²) in [6.07, 6.45) is 5.82. The van der Waals surface area contributed by atoms with Gasteiger partial charge in [-0.25, -0.2) is 0 Å². The third kappa shape index (κ3) is 4.23. The summed E-state index contributed by atoms with van der Waals surface area (Å²) in [5.41, 5.74) is 2.46. The van der Waals surface area contributed by atoms with Gasteiger partial charge in [0.2, 0.25) is 0 Å². The molecule has 0 unspecified atom stereocenters. The molecule has 6 nitrogen and oxygen atoms in total. The Bertz CT molecular complexity index is 758. The van der Waals surface area contributed by atoms with Crippen molar-refractivity contribution in [3.8, 4) is 0 Å². The number of hydrogen-bond acceptors (Lipinski definition) is 5. The number of benzene rings is 1. The number of nitrogens with one attached hydrogen (secondary N) is 1. The summed E-state index contributed by atoms with van der Waals surface area (Å²) in [5.74, 6) is 1.57. The Morgan fingerprint density at radius 2 is 2.26 bits per heavy atom. The lowest BCUT2D eigenvalue weighted by Gasteiger charge is -2.07. The molecule has 0 aliphatic carbocycles. The van der Waals surface area contributed by atoms with Gasteiger partial charge in [0.05, 0.1) is 6.54 Å². The van der Waals surface area contributed by atoms with E-state index < -0.39 is 0 Å². The highest BCUT2D eigenvalue weighted by Crippen LogP contribution is 2.13. The summed E-state index contributed by atoms with van der Waals surface area (Å²) >= 11 is 0. The number of carbonyl (C=O) groups excluding carboxylic acids is 1. The summed E-state index contributed by atoms with van der Waals surface area (Å²) in [7, 11) is 1.91. The number of aliphatic imine (C=N–C) groups is 1. The minimum absolute atomic E-state index is 0.514. The zero-order valence-corrected chi connectivity index (χ0v) is 13.2. The van der Waals surface area contributed by atoms with E-state index in [1.165, 1.54) is 6.20 Å². The van der Waals surface area contributed by atoms with Gasteiger partial charge in [0.15, 0.2) is 11.6 Å². The third-order valence-corrected chi connectivity index (χ3v) is 3.31. The van der Waals surface area contributed by atoms with Crippen LogP contribution in [-0.2, 0) is 13.6 Å². The van der Waals surface area contributed by atoms with E-state index >= 15 is 0 Å². The first-order chi connectivity index (χ1) is 11.2. The van der Waals surface area contributed by atoms with Crippen LogP contribution >= 0.6 is 0 Å². The number of hydrogen-bond donors (Lipinski definition) is 1. The van der Waals surface area contributed by atoms with Gasteiger partial charge in [-0.1, -0.05) is 18.7 Å². The fraction of sp³-hybridized carbons (Fsp3) is 0.176. The highest BCUT2D eigenvalue weighted by molar-refractivity contribution is 5.82. The predicted octanol–water partition coefficient (Wildman–Crippen LogP) is 2.86. The van der Waals surface area contributed by atoms with Crippen LogP contribution in [0.4, 0.5) is 5.69 Å². The second kappa shape index (κ2) is 7.84. The van der Waals surface area contributed by atoms with Gasteiger partial charge < -0.3 is 9.88 Å². The zero-order chi connectivity index (χ0) is 16.7. The molecule has 0 amide bonds. The van der Waals surface area contributed by atoms with Crippen LogP contribution in [0.25, 0.3) is 5.57 Å². The van der Waals surface area contributed by atoms with Gasteiger partial charge in [-0.2, -0.15) is 0 Å². The number of aromatic nitrogens is 3. The van der Waals surface area contributed by atoms with Crippen molar-refractivity contribution in [2.75, 3.05) is 5.32 Å². The molecule has 0 radical (unpaired) electrons. The van der Waals surface area contributed by atoms with E-state index in [9.17, 15) is 4.79 Å². The van der Waals surface area contributed by atoms with Crippen LogP contribution in [0.2, 0.25) is 0 Å². The van der Waals surface area contributed by atoms with Crippen molar-refractivity contribution in [1.29, 1.82) is 0 Å². The van der Waals surface area contributed by atoms with Crippen LogP contribution in [-0.4, -0.2) is 27.3 Å². The highest BCUT2D eigenvalue weighted by atomic mass is 16.1. The minimum atomic E-state index is 0.514. The van der Waals surface area contributed by atoms with E-state index in [0.29, 0.717) is 12.1 Å². The zero-order valence-electron chi connectivity index (χ0n) is 13.2. The van der Waals surface area contributed by atoms with Crippen LogP contribution in [0, 0.1) is 0 Å². The van der Waals surface area contributed by atoms with Gasteiger partial charge in [0.25, 0.3) is 0 Å². The van der Waals surface area contributed by atoms with Crippen LogP contribution in [0.5, 0.6) is 0 Å². The standard InChI is InChI=1S/C17H19N5O/c1-4-18-9-8-13(2)17-21-20-16(22(17)3)11-19-15-7-5-6-14(10-15)12-23/h4-10,12,19H,1,11H2,2-3H3/b13-8+,18-9?. The van der Waals surface area contributed by atoms with Gasteiger partial charge in [-0.3, -0.25) is 9.79 Å². The Balaban J connectivity index is 2.10. The number of nitrogens with zero attached hydrogens (tertiary/aromatic N) is 4. The Morgan fingerprint density at radius 3 is 3.00 bits per heavy atom. The summed E-state index contributed by atoms with van der Waals surface area (Å²) < 4.78 is 1.92. The van der Waals surface area contributed by atoms with Crippen LogP contribution in [0.3, 0.4) is 0 Å². The van der Waals surface area contributed by atoms with Crippen molar-refractivity contribution in [3.05, 3.63) is 60.3 Å². The molecule has 0 atom stereocenters. The van der Waals surface area contributed by atoms with Crippen molar-refractivity contribution in [2.24, 2.45) is 12.0 Å². The lowest BCUT2D eigenvalue weighted by atomic mass is 10.2. The van der Waals surface area contributed by atoms with Crippen molar-refractivity contribution < 1.29 is 4.79 Å². The van der Waals surface area contributed by atoms with E-state index in [0.717, 1.165) is 29.2 Å². The molecule has 0 aliphatic heterocycles. The lowest BCUT2D eigenvalue weighted by Crippen LogP contribution is -2.07. The lowest BCUT2D eigenvalue weighted by molar-refractivity contribution is 0.112. The minimum Gasteiger partial charge on any atom is -0.378 e. The largest absolute Gasteiger partial charge is 0.378 e. The SMILES string of the molecule is C=CN=C/C=C(\C)c1nnc(CNc2cccc(C=O)c2)n1C.